The van der Waals surface area contributed by atoms with Crippen molar-refractivity contribution in [2.24, 2.45) is 17.6 Å². The number of nitrogens with one attached hydrogen (secondary N) is 1. The van der Waals surface area contributed by atoms with Gasteiger partial charge in [-0.15, -0.1) is 0 Å². The van der Waals surface area contributed by atoms with E-state index < -0.39 is 21.3 Å². The smallest absolute Gasteiger partial charge is 0.264 e. The predicted octanol–water partition coefficient (Wildman–Crippen LogP) is 4.17. The number of hydrogen-bond acceptors (Lipinski definition) is 5. The number of rotatable bonds is 6. The van der Waals surface area contributed by atoms with Gasteiger partial charge in [-0.1, -0.05) is 25.3 Å². The van der Waals surface area contributed by atoms with E-state index in [9.17, 15) is 22.8 Å². The van der Waals surface area contributed by atoms with E-state index in [1.54, 1.807) is 23.4 Å². The fourth-order valence-corrected chi connectivity index (χ4v) is 9.23. The molecule has 10 heteroatoms. The first-order chi connectivity index (χ1) is 19.6. The molecule has 9 nitrogen and oxygen atoms in total. The highest BCUT2D eigenvalue weighted by Crippen LogP contribution is 2.59. The van der Waals surface area contributed by atoms with E-state index >= 15 is 0 Å². The Morgan fingerprint density at radius 1 is 0.951 bits per heavy atom. The Morgan fingerprint density at radius 3 is 2.29 bits per heavy atom. The number of carbonyl (C=O) groups is 3. The Labute approximate surface area is 241 Å². The molecule has 2 aromatic carbocycles. The Morgan fingerprint density at radius 2 is 1.66 bits per heavy atom. The quantitative estimate of drug-likeness (QED) is 0.531. The topological polar surface area (TPSA) is 130 Å². The molecule has 2 saturated carbocycles. The molecule has 41 heavy (non-hydrogen) atoms. The third-order valence-corrected chi connectivity index (χ3v) is 11.5. The van der Waals surface area contributed by atoms with Gasteiger partial charge in [0.2, 0.25) is 17.7 Å². The summed E-state index contributed by atoms with van der Waals surface area (Å²) in [5.41, 5.74) is 7.33. The number of likely N-dealkylation sites (tertiary alicyclic amines) is 1. The molecular formula is C31H38N4O5S. The van der Waals surface area contributed by atoms with Crippen LogP contribution < -0.4 is 15.4 Å². The number of piperidine rings is 1. The van der Waals surface area contributed by atoms with Gasteiger partial charge in [0.1, 0.15) is 0 Å². The number of anilines is 2. The molecule has 4 aliphatic rings. The summed E-state index contributed by atoms with van der Waals surface area (Å²) in [6.07, 6.45) is 8.18. The molecule has 0 aromatic heterocycles. The third-order valence-electron chi connectivity index (χ3n) is 9.68. The second-order valence-electron chi connectivity index (χ2n) is 12.2. The van der Waals surface area contributed by atoms with Crippen LogP contribution in [0, 0.1) is 11.8 Å². The zero-order valence-electron chi connectivity index (χ0n) is 23.5. The van der Waals surface area contributed by atoms with Crippen molar-refractivity contribution in [1.82, 2.24) is 4.90 Å². The second-order valence-corrected chi connectivity index (χ2v) is 14.0. The number of primary amides is 1. The minimum atomic E-state index is -4.06. The van der Waals surface area contributed by atoms with Gasteiger partial charge in [-0.2, -0.15) is 0 Å². The summed E-state index contributed by atoms with van der Waals surface area (Å²) in [6, 6.07) is 11.2. The van der Waals surface area contributed by atoms with Gasteiger partial charge in [0.25, 0.3) is 10.0 Å². The summed E-state index contributed by atoms with van der Waals surface area (Å²) >= 11 is 0. The molecule has 0 radical (unpaired) electrons. The van der Waals surface area contributed by atoms with Crippen molar-refractivity contribution in [1.29, 1.82) is 0 Å². The summed E-state index contributed by atoms with van der Waals surface area (Å²) < 4.78 is 30.4. The lowest BCUT2D eigenvalue weighted by atomic mass is 9.68. The molecule has 0 bridgehead atoms. The van der Waals surface area contributed by atoms with Crippen LogP contribution in [0.15, 0.2) is 47.4 Å². The fourth-order valence-electron chi connectivity index (χ4n) is 7.39. The average molecular weight is 579 g/mol. The van der Waals surface area contributed by atoms with Crippen LogP contribution >= 0.6 is 0 Å². The second kappa shape index (κ2) is 10.5. The molecule has 1 saturated heterocycles. The molecule has 3 amide bonds. The maximum atomic E-state index is 14.4. The highest BCUT2D eigenvalue weighted by atomic mass is 32.2. The van der Waals surface area contributed by atoms with Crippen LogP contribution in [0.4, 0.5) is 11.4 Å². The molecule has 2 aliphatic heterocycles. The van der Waals surface area contributed by atoms with Crippen molar-refractivity contribution in [3.63, 3.8) is 0 Å². The van der Waals surface area contributed by atoms with Crippen molar-refractivity contribution < 1.29 is 22.8 Å². The fraction of sp³-hybridized carbons (Fsp3) is 0.516. The zero-order valence-corrected chi connectivity index (χ0v) is 24.3. The van der Waals surface area contributed by atoms with E-state index in [1.165, 1.54) is 18.2 Å². The number of fused-ring (bicyclic) bond motifs is 2. The van der Waals surface area contributed by atoms with Crippen molar-refractivity contribution in [2.45, 2.75) is 81.1 Å². The summed E-state index contributed by atoms with van der Waals surface area (Å²) in [4.78, 5) is 39.1. The van der Waals surface area contributed by atoms with Crippen molar-refractivity contribution in [3.05, 3.63) is 53.6 Å². The van der Waals surface area contributed by atoms with Gasteiger partial charge < -0.3 is 16.0 Å². The standard InChI is InChI=1S/C31H38N4O5S/c1-20(36)34-16-14-31(15-17-34)26-19-24(33-30(38)22-6-3-2-4-7-22)12-13-27(26)35(28(31)21-10-11-21)41(39,40)25-9-5-8-23(18-25)29(32)37/h5,8-9,12-13,18-19,21-22,28H,2-4,6-7,10-11,14-17H2,1H3,(H2,32,37)(H,33,38). The maximum absolute atomic E-state index is 14.4. The minimum Gasteiger partial charge on any atom is -0.366 e. The van der Waals surface area contributed by atoms with Crippen LogP contribution in [-0.4, -0.2) is 50.2 Å². The van der Waals surface area contributed by atoms with E-state index in [1.807, 2.05) is 17.0 Å². The number of benzene rings is 2. The Balaban J connectivity index is 1.44. The minimum absolute atomic E-state index is 0.00149. The number of nitrogens with zero attached hydrogens (tertiary/aromatic N) is 2. The van der Waals surface area contributed by atoms with Gasteiger partial charge in [0.15, 0.2) is 0 Å². The molecule has 1 atom stereocenters. The first-order valence-electron chi connectivity index (χ1n) is 14.8. The SMILES string of the molecule is CC(=O)N1CCC2(CC1)c1cc(NC(=O)C3CCCCC3)ccc1N(S(=O)(=O)c1cccc(C(N)=O)c1)C2C1CC1. The average Bonchev–Trinajstić information content (AvgIpc) is 3.77. The van der Waals surface area contributed by atoms with Gasteiger partial charge in [0.05, 0.1) is 16.6 Å². The molecule has 218 valence electrons. The maximum Gasteiger partial charge on any atom is 0.264 e. The van der Waals surface area contributed by atoms with E-state index in [0.29, 0.717) is 37.3 Å². The van der Waals surface area contributed by atoms with Crippen molar-refractivity contribution in [3.8, 4) is 0 Å². The third kappa shape index (κ3) is 4.90. The van der Waals surface area contributed by atoms with Gasteiger partial charge >= 0.3 is 0 Å². The lowest BCUT2D eigenvalue weighted by molar-refractivity contribution is -0.130. The van der Waals surface area contributed by atoms with Gasteiger partial charge in [0, 0.05) is 42.6 Å². The number of sulfonamides is 1. The normalized spacial score (nSPS) is 22.4. The number of carbonyl (C=O) groups excluding carboxylic acids is 3. The van der Waals surface area contributed by atoms with Crippen LogP contribution in [0.25, 0.3) is 0 Å². The predicted molar refractivity (Wildman–Crippen MR) is 156 cm³/mol. The van der Waals surface area contributed by atoms with Gasteiger partial charge in [-0.25, -0.2) is 8.42 Å². The molecule has 3 fully saturated rings. The molecule has 6 rings (SSSR count). The van der Waals surface area contributed by atoms with E-state index in [0.717, 1.165) is 50.5 Å². The first kappa shape index (κ1) is 27.8. The highest BCUT2D eigenvalue weighted by molar-refractivity contribution is 7.93. The number of hydrogen-bond donors (Lipinski definition) is 2. The van der Waals surface area contributed by atoms with Gasteiger partial charge in [-0.05, 0) is 86.4 Å². The van der Waals surface area contributed by atoms with E-state index in [2.05, 4.69) is 5.32 Å². The lowest BCUT2D eigenvalue weighted by Gasteiger charge is -2.45. The Bertz CT molecular complexity index is 1490. The van der Waals surface area contributed by atoms with E-state index in [-0.39, 0.29) is 40.2 Å². The lowest BCUT2D eigenvalue weighted by Crippen LogP contribution is -2.54. The van der Waals surface area contributed by atoms with E-state index in [4.69, 9.17) is 5.73 Å². The summed E-state index contributed by atoms with van der Waals surface area (Å²) in [6.45, 7) is 2.66. The number of amides is 3. The van der Waals surface area contributed by atoms with Crippen LogP contribution in [0.1, 0.15) is 80.6 Å². The Kier molecular flexibility index (Phi) is 7.08. The Hall–Kier alpha value is -3.40. The molecular weight excluding hydrogens is 540 g/mol. The summed E-state index contributed by atoms with van der Waals surface area (Å²) in [7, 11) is -4.06. The summed E-state index contributed by atoms with van der Waals surface area (Å²) in [5.74, 6) is -0.468. The molecule has 1 unspecified atom stereocenters. The van der Waals surface area contributed by atoms with Crippen molar-refractivity contribution in [2.75, 3.05) is 22.7 Å². The zero-order chi connectivity index (χ0) is 28.9. The number of nitrogens with two attached hydrogens (primary N) is 1. The van der Waals surface area contributed by atoms with Crippen LogP contribution in [-0.2, 0) is 25.0 Å². The van der Waals surface area contributed by atoms with Crippen molar-refractivity contribution >= 4 is 39.1 Å². The molecule has 3 N–H and O–H groups in total. The van der Waals surface area contributed by atoms with Crippen LogP contribution in [0.5, 0.6) is 0 Å². The summed E-state index contributed by atoms with van der Waals surface area (Å²) in [5, 5.41) is 3.13. The molecule has 1 spiro atoms. The monoisotopic (exact) mass is 578 g/mol. The largest absolute Gasteiger partial charge is 0.366 e. The van der Waals surface area contributed by atoms with Gasteiger partial charge in [-0.3, -0.25) is 18.7 Å². The first-order valence-corrected chi connectivity index (χ1v) is 16.2. The molecule has 2 aromatic rings. The highest BCUT2D eigenvalue weighted by Gasteiger charge is 2.60. The van der Waals surface area contributed by atoms with Crippen LogP contribution in [0.2, 0.25) is 0 Å². The molecule has 2 aliphatic carbocycles. The molecule has 2 heterocycles. The van der Waals surface area contributed by atoms with Crippen LogP contribution in [0.3, 0.4) is 0 Å².